The number of ether oxygens (including phenoxy) is 1. The molecule has 0 saturated heterocycles. The van der Waals surface area contributed by atoms with Gasteiger partial charge in [0.25, 0.3) is 5.91 Å². The molecule has 0 spiro atoms. The number of carbonyl (C=O) groups is 1. The number of aryl methyl sites for hydroxylation is 2. The molecule has 0 aliphatic rings. The van der Waals surface area contributed by atoms with Gasteiger partial charge in [-0.25, -0.2) is 4.98 Å². The molecule has 1 amide bonds. The summed E-state index contributed by atoms with van der Waals surface area (Å²) in [6.07, 6.45) is 1.06. The van der Waals surface area contributed by atoms with E-state index >= 15 is 0 Å². The summed E-state index contributed by atoms with van der Waals surface area (Å²) in [6.45, 7) is 8.22. The van der Waals surface area contributed by atoms with Crippen molar-refractivity contribution in [2.45, 2.75) is 40.0 Å². The summed E-state index contributed by atoms with van der Waals surface area (Å²) in [5.41, 5.74) is 6.57. The fourth-order valence-corrected chi connectivity index (χ4v) is 4.77. The molecule has 0 saturated carbocycles. The van der Waals surface area contributed by atoms with Crippen molar-refractivity contribution in [3.8, 4) is 17.2 Å². The molecule has 1 unspecified atom stereocenters. The fourth-order valence-electron chi connectivity index (χ4n) is 3.99. The van der Waals surface area contributed by atoms with Gasteiger partial charge in [-0.2, -0.15) is 0 Å². The molecule has 36 heavy (non-hydrogen) atoms. The van der Waals surface area contributed by atoms with Crippen molar-refractivity contribution >= 4 is 56.0 Å². The zero-order valence-corrected chi connectivity index (χ0v) is 23.3. The number of fused-ring (bicyclic) bond motifs is 1. The molecular weight excluding hydrogens is 538 g/mol. The third-order valence-electron chi connectivity index (χ3n) is 6.24. The molecule has 4 aromatic rings. The lowest BCUT2D eigenvalue weighted by molar-refractivity contribution is 0.0974. The molecule has 0 aliphatic heterocycles. The van der Waals surface area contributed by atoms with Crippen LogP contribution in [-0.4, -0.2) is 23.1 Å². The molecule has 3 aromatic carbocycles. The minimum atomic E-state index is -0.362. The van der Waals surface area contributed by atoms with E-state index in [1.54, 1.807) is 6.07 Å². The van der Waals surface area contributed by atoms with Crippen LogP contribution in [0.25, 0.3) is 22.6 Å². The quantitative estimate of drug-likeness (QED) is 0.235. The fraction of sp³-hybridized carbons (Fsp3) is 0.250. The van der Waals surface area contributed by atoms with Gasteiger partial charge >= 0.3 is 0 Å². The number of halogens is 1. The molecule has 1 heterocycles. The van der Waals surface area contributed by atoms with Crippen molar-refractivity contribution < 1.29 is 13.9 Å². The van der Waals surface area contributed by atoms with Crippen LogP contribution in [0.5, 0.6) is 5.75 Å². The van der Waals surface area contributed by atoms with Crippen molar-refractivity contribution in [2.75, 3.05) is 12.4 Å². The first-order valence-corrected chi connectivity index (χ1v) is 12.9. The van der Waals surface area contributed by atoms with Gasteiger partial charge in [0.15, 0.2) is 10.7 Å². The molecular formula is C28H28BrN3O3S. The number of carbonyl (C=O) groups excluding carboxylic acids is 1. The van der Waals surface area contributed by atoms with Gasteiger partial charge in [0.05, 0.1) is 12.7 Å². The highest BCUT2D eigenvalue weighted by Crippen LogP contribution is 2.31. The number of nitrogens with zero attached hydrogens (tertiary/aromatic N) is 1. The monoisotopic (exact) mass is 565 g/mol. The molecule has 0 radical (unpaired) electrons. The Balaban J connectivity index is 1.55. The summed E-state index contributed by atoms with van der Waals surface area (Å²) >= 11 is 8.88. The van der Waals surface area contributed by atoms with Gasteiger partial charge in [-0.3, -0.25) is 10.1 Å². The second-order valence-electron chi connectivity index (χ2n) is 8.80. The van der Waals surface area contributed by atoms with E-state index in [2.05, 4.69) is 52.5 Å². The largest absolute Gasteiger partial charge is 0.496 e. The normalized spacial score (nSPS) is 11.8. The lowest BCUT2D eigenvalue weighted by Crippen LogP contribution is -2.34. The average molecular weight is 567 g/mol. The Morgan fingerprint density at radius 3 is 2.64 bits per heavy atom. The van der Waals surface area contributed by atoms with Crippen LogP contribution in [-0.2, 0) is 0 Å². The topological polar surface area (TPSA) is 76.4 Å². The average Bonchev–Trinajstić information content (AvgIpc) is 3.27. The predicted molar refractivity (Wildman–Crippen MR) is 152 cm³/mol. The number of oxazole rings is 1. The number of nitrogens with one attached hydrogen (secondary N) is 2. The Morgan fingerprint density at radius 1 is 1.14 bits per heavy atom. The van der Waals surface area contributed by atoms with Crippen LogP contribution in [0.3, 0.4) is 0 Å². The molecule has 6 nitrogen and oxygen atoms in total. The van der Waals surface area contributed by atoms with E-state index < -0.39 is 0 Å². The van der Waals surface area contributed by atoms with Crippen LogP contribution >= 0.6 is 28.1 Å². The zero-order valence-electron chi connectivity index (χ0n) is 20.9. The van der Waals surface area contributed by atoms with Crippen molar-refractivity contribution in [1.29, 1.82) is 0 Å². The number of hydrogen-bond acceptors (Lipinski definition) is 5. The lowest BCUT2D eigenvalue weighted by atomic mass is 9.98. The molecule has 0 bridgehead atoms. The van der Waals surface area contributed by atoms with E-state index in [1.165, 1.54) is 12.7 Å². The second-order valence-corrected chi connectivity index (χ2v) is 10.1. The number of rotatable bonds is 6. The van der Waals surface area contributed by atoms with Crippen LogP contribution in [0.15, 0.2) is 57.4 Å². The SMILES string of the molecule is CCC(C)c1ccc2oc(-c3ccc(C)c(NC(=S)NC(=O)c4cc(Br)cc(C)c4OC)c3)nc2c1. The van der Waals surface area contributed by atoms with E-state index in [0.717, 1.165) is 44.4 Å². The number of aromatic nitrogens is 1. The van der Waals surface area contributed by atoms with Crippen molar-refractivity contribution in [2.24, 2.45) is 0 Å². The Morgan fingerprint density at radius 2 is 1.92 bits per heavy atom. The van der Waals surface area contributed by atoms with Gasteiger partial charge in [0.1, 0.15) is 11.3 Å². The third kappa shape index (κ3) is 5.44. The van der Waals surface area contributed by atoms with Crippen LogP contribution in [0.2, 0.25) is 0 Å². The third-order valence-corrected chi connectivity index (χ3v) is 6.90. The minimum absolute atomic E-state index is 0.177. The first kappa shape index (κ1) is 25.9. The highest BCUT2D eigenvalue weighted by atomic mass is 79.9. The van der Waals surface area contributed by atoms with Crippen LogP contribution in [0, 0.1) is 13.8 Å². The standard InChI is InChI=1S/C28H28BrN3O3S/c1-6-15(2)18-9-10-24-23(12-18)30-27(35-24)19-8-7-16(3)22(13-19)31-28(36)32-26(33)21-14-20(29)11-17(4)25(21)34-5/h7-15H,6H2,1-5H3,(H2,31,32,33,36). The molecule has 8 heteroatoms. The Bertz CT molecular complexity index is 1460. The first-order valence-electron chi connectivity index (χ1n) is 11.7. The summed E-state index contributed by atoms with van der Waals surface area (Å²) in [6, 6.07) is 15.6. The summed E-state index contributed by atoms with van der Waals surface area (Å²) in [4.78, 5) is 17.7. The molecule has 1 atom stereocenters. The van der Waals surface area contributed by atoms with Crippen molar-refractivity contribution in [3.05, 3.63) is 75.3 Å². The first-order chi connectivity index (χ1) is 17.2. The lowest BCUT2D eigenvalue weighted by Gasteiger charge is -2.15. The summed E-state index contributed by atoms with van der Waals surface area (Å²) in [5, 5.41) is 6.05. The van der Waals surface area contributed by atoms with Crippen LogP contribution in [0.1, 0.15) is 53.2 Å². The molecule has 186 valence electrons. The van der Waals surface area contributed by atoms with E-state index in [-0.39, 0.29) is 11.0 Å². The van der Waals surface area contributed by atoms with E-state index in [9.17, 15) is 4.79 Å². The Labute approximate surface area is 224 Å². The highest BCUT2D eigenvalue weighted by molar-refractivity contribution is 9.10. The predicted octanol–water partition coefficient (Wildman–Crippen LogP) is 7.52. The molecule has 0 fully saturated rings. The maximum Gasteiger partial charge on any atom is 0.261 e. The number of methoxy groups -OCH3 is 1. The number of thiocarbonyl (C=S) groups is 1. The van der Waals surface area contributed by atoms with Gasteiger partial charge < -0.3 is 14.5 Å². The van der Waals surface area contributed by atoms with Crippen LogP contribution in [0.4, 0.5) is 5.69 Å². The van der Waals surface area contributed by atoms with Gasteiger partial charge in [0.2, 0.25) is 5.89 Å². The zero-order chi connectivity index (χ0) is 26.0. The molecule has 0 aliphatic carbocycles. The van der Waals surface area contributed by atoms with E-state index in [1.807, 2.05) is 44.2 Å². The maximum atomic E-state index is 12.9. The van der Waals surface area contributed by atoms with Gasteiger partial charge in [0, 0.05) is 15.7 Å². The number of anilines is 1. The Hall–Kier alpha value is -3.23. The van der Waals surface area contributed by atoms with Gasteiger partial charge in [-0.15, -0.1) is 0 Å². The molecule has 2 N–H and O–H groups in total. The smallest absolute Gasteiger partial charge is 0.261 e. The molecule has 1 aromatic heterocycles. The summed E-state index contributed by atoms with van der Waals surface area (Å²) in [7, 11) is 1.54. The van der Waals surface area contributed by atoms with E-state index in [0.29, 0.717) is 23.1 Å². The van der Waals surface area contributed by atoms with Crippen LogP contribution < -0.4 is 15.4 Å². The summed E-state index contributed by atoms with van der Waals surface area (Å²) in [5.74, 6) is 1.13. The van der Waals surface area contributed by atoms with Crippen molar-refractivity contribution in [1.82, 2.24) is 10.3 Å². The second kappa shape index (κ2) is 10.8. The van der Waals surface area contributed by atoms with Crippen molar-refractivity contribution in [3.63, 3.8) is 0 Å². The Kier molecular flexibility index (Phi) is 7.76. The highest BCUT2D eigenvalue weighted by Gasteiger charge is 2.18. The maximum absolute atomic E-state index is 12.9. The summed E-state index contributed by atoms with van der Waals surface area (Å²) < 4.78 is 12.2. The van der Waals surface area contributed by atoms with Gasteiger partial charge in [-0.05, 0) is 91.5 Å². The number of amides is 1. The minimum Gasteiger partial charge on any atom is -0.496 e. The number of benzene rings is 3. The number of hydrogen-bond donors (Lipinski definition) is 2. The van der Waals surface area contributed by atoms with E-state index in [4.69, 9.17) is 26.4 Å². The van der Waals surface area contributed by atoms with Gasteiger partial charge in [-0.1, -0.05) is 41.9 Å². The molecule has 4 rings (SSSR count).